The highest BCUT2D eigenvalue weighted by molar-refractivity contribution is 7.90. The molecule has 0 rings (SSSR count). The third-order valence-electron chi connectivity index (χ3n) is 0.820. The van der Waals surface area contributed by atoms with Gasteiger partial charge in [-0.2, -0.15) is 0 Å². The van der Waals surface area contributed by atoms with Crippen molar-refractivity contribution in [1.29, 1.82) is 0 Å². The van der Waals surface area contributed by atoms with Crippen LogP contribution in [0.5, 0.6) is 0 Å². The van der Waals surface area contributed by atoms with E-state index in [0.717, 1.165) is 6.26 Å². The number of nitrogens with two attached hydrogens (primary N) is 2. The van der Waals surface area contributed by atoms with Gasteiger partial charge in [-0.3, -0.25) is 0 Å². The lowest BCUT2D eigenvalue weighted by Crippen LogP contribution is -2.36. The molecule has 0 aliphatic rings. The molecule has 0 heterocycles. The topological polar surface area (TPSA) is 86.2 Å². The summed E-state index contributed by atoms with van der Waals surface area (Å²) in [5, 5.41) is 0. The summed E-state index contributed by atoms with van der Waals surface area (Å²) in [6, 6.07) is -0.417. The van der Waals surface area contributed by atoms with E-state index in [2.05, 4.69) is 0 Å². The van der Waals surface area contributed by atoms with Crippen LogP contribution in [-0.2, 0) is 9.84 Å². The number of sulfone groups is 1. The van der Waals surface area contributed by atoms with Gasteiger partial charge in [-0.05, 0) is 0 Å². The van der Waals surface area contributed by atoms with E-state index in [1.807, 2.05) is 0 Å². The fraction of sp³-hybridized carbons (Fsp3) is 1.00. The normalized spacial score (nSPS) is 15.4. The second-order valence-corrected chi connectivity index (χ2v) is 4.27. The molecular weight excluding hydrogens is 140 g/mol. The highest BCUT2D eigenvalue weighted by atomic mass is 32.2. The first-order valence-electron chi connectivity index (χ1n) is 2.59. The number of hydrogen-bond acceptors (Lipinski definition) is 4. The summed E-state index contributed by atoms with van der Waals surface area (Å²) in [5.41, 5.74) is 10.3. The molecule has 0 amide bonds. The Morgan fingerprint density at radius 3 is 2.11 bits per heavy atom. The standard InChI is InChI=1S/C4H12N2O2S/c1-9(7,8)3-4(6)2-5/h4H,2-3,5-6H2,1H3. The molecule has 0 saturated carbocycles. The fourth-order valence-corrected chi connectivity index (χ4v) is 1.37. The van der Waals surface area contributed by atoms with Crippen LogP contribution in [0.1, 0.15) is 0 Å². The Bertz CT molecular complexity index is 163. The van der Waals surface area contributed by atoms with Crippen molar-refractivity contribution in [1.82, 2.24) is 0 Å². The van der Waals surface area contributed by atoms with Crippen LogP contribution < -0.4 is 11.5 Å². The molecule has 9 heavy (non-hydrogen) atoms. The molecule has 1 atom stereocenters. The highest BCUT2D eigenvalue weighted by Crippen LogP contribution is 1.84. The van der Waals surface area contributed by atoms with E-state index >= 15 is 0 Å². The van der Waals surface area contributed by atoms with Gasteiger partial charge in [0.1, 0.15) is 9.84 Å². The van der Waals surface area contributed by atoms with Gasteiger partial charge in [0, 0.05) is 18.8 Å². The van der Waals surface area contributed by atoms with Crippen LogP contribution >= 0.6 is 0 Å². The van der Waals surface area contributed by atoms with E-state index in [1.165, 1.54) is 0 Å². The highest BCUT2D eigenvalue weighted by Gasteiger charge is 2.07. The number of hydrogen-bond donors (Lipinski definition) is 2. The van der Waals surface area contributed by atoms with Crippen molar-refractivity contribution in [3.63, 3.8) is 0 Å². The van der Waals surface area contributed by atoms with Gasteiger partial charge in [0.05, 0.1) is 5.75 Å². The quantitative estimate of drug-likeness (QED) is 0.505. The zero-order chi connectivity index (χ0) is 7.49. The molecule has 4 nitrogen and oxygen atoms in total. The zero-order valence-electron chi connectivity index (χ0n) is 5.37. The molecule has 1 unspecified atom stereocenters. The van der Waals surface area contributed by atoms with Crippen molar-refractivity contribution in [2.45, 2.75) is 6.04 Å². The molecule has 0 aliphatic heterocycles. The minimum absolute atomic E-state index is 0.0243. The fourth-order valence-electron chi connectivity index (χ4n) is 0.457. The maximum absolute atomic E-state index is 10.5. The van der Waals surface area contributed by atoms with Gasteiger partial charge < -0.3 is 11.5 Å². The molecule has 0 aliphatic carbocycles. The Morgan fingerprint density at radius 1 is 1.56 bits per heavy atom. The maximum atomic E-state index is 10.5. The Hall–Kier alpha value is -0.130. The third kappa shape index (κ3) is 5.75. The Morgan fingerprint density at radius 2 is 2.00 bits per heavy atom. The average molecular weight is 152 g/mol. The summed E-state index contributed by atoms with van der Waals surface area (Å²) in [5.74, 6) is -0.0243. The predicted molar refractivity (Wildman–Crippen MR) is 36.7 cm³/mol. The van der Waals surface area contributed by atoms with Crippen LogP contribution in [0.2, 0.25) is 0 Å². The first kappa shape index (κ1) is 8.87. The second-order valence-electron chi connectivity index (χ2n) is 2.09. The summed E-state index contributed by atoms with van der Waals surface area (Å²) in [6.07, 6.45) is 1.14. The minimum Gasteiger partial charge on any atom is -0.329 e. The summed E-state index contributed by atoms with van der Waals surface area (Å²) >= 11 is 0. The molecule has 0 fully saturated rings. The van der Waals surface area contributed by atoms with Crippen LogP contribution in [0.3, 0.4) is 0 Å². The molecule has 0 aromatic rings. The smallest absolute Gasteiger partial charge is 0.149 e. The van der Waals surface area contributed by atoms with E-state index in [0.29, 0.717) is 0 Å². The van der Waals surface area contributed by atoms with E-state index in [4.69, 9.17) is 11.5 Å². The lowest BCUT2D eigenvalue weighted by atomic mass is 10.4. The zero-order valence-corrected chi connectivity index (χ0v) is 6.19. The lowest BCUT2D eigenvalue weighted by Gasteiger charge is -2.04. The molecule has 0 spiro atoms. The predicted octanol–water partition coefficient (Wildman–Crippen LogP) is -1.68. The van der Waals surface area contributed by atoms with Gasteiger partial charge in [-0.15, -0.1) is 0 Å². The molecule has 0 saturated heterocycles. The molecule has 0 aromatic heterocycles. The monoisotopic (exact) mass is 152 g/mol. The first-order valence-corrected chi connectivity index (χ1v) is 4.65. The van der Waals surface area contributed by atoms with Crippen molar-refractivity contribution < 1.29 is 8.42 Å². The van der Waals surface area contributed by atoms with E-state index in [1.54, 1.807) is 0 Å². The SMILES string of the molecule is CS(=O)(=O)CC(N)CN. The van der Waals surface area contributed by atoms with Crippen molar-refractivity contribution in [3.05, 3.63) is 0 Å². The molecule has 0 bridgehead atoms. The van der Waals surface area contributed by atoms with Gasteiger partial charge >= 0.3 is 0 Å². The van der Waals surface area contributed by atoms with Crippen LogP contribution in [0, 0.1) is 0 Å². The van der Waals surface area contributed by atoms with Crippen LogP contribution in [-0.4, -0.2) is 33.0 Å². The van der Waals surface area contributed by atoms with Crippen LogP contribution in [0.15, 0.2) is 0 Å². The Balaban J connectivity index is 3.75. The molecule has 56 valence electrons. The molecule has 0 radical (unpaired) electrons. The van der Waals surface area contributed by atoms with E-state index in [9.17, 15) is 8.42 Å². The summed E-state index contributed by atoms with van der Waals surface area (Å²) in [4.78, 5) is 0. The van der Waals surface area contributed by atoms with Gasteiger partial charge in [-0.25, -0.2) is 8.42 Å². The molecule has 0 aromatic carbocycles. The van der Waals surface area contributed by atoms with Crippen molar-refractivity contribution in [2.24, 2.45) is 11.5 Å². The Labute approximate surface area is 55.1 Å². The average Bonchev–Trinajstić information content (AvgIpc) is 1.62. The van der Waals surface area contributed by atoms with E-state index in [-0.39, 0.29) is 12.3 Å². The molecule has 4 N–H and O–H groups in total. The molecular formula is C4H12N2O2S. The van der Waals surface area contributed by atoms with Crippen molar-refractivity contribution in [2.75, 3.05) is 18.6 Å². The summed E-state index contributed by atoms with van der Waals surface area (Å²) < 4.78 is 20.9. The summed E-state index contributed by atoms with van der Waals surface area (Å²) in [7, 11) is -2.94. The summed E-state index contributed by atoms with van der Waals surface area (Å²) in [6.45, 7) is 0.215. The first-order chi connectivity index (χ1) is 3.95. The number of rotatable bonds is 3. The van der Waals surface area contributed by atoms with Gasteiger partial charge in [0.25, 0.3) is 0 Å². The van der Waals surface area contributed by atoms with Gasteiger partial charge in [-0.1, -0.05) is 0 Å². The van der Waals surface area contributed by atoms with Crippen LogP contribution in [0.4, 0.5) is 0 Å². The van der Waals surface area contributed by atoms with Gasteiger partial charge in [0.15, 0.2) is 0 Å². The Kier molecular flexibility index (Phi) is 3.10. The van der Waals surface area contributed by atoms with Crippen LogP contribution in [0.25, 0.3) is 0 Å². The largest absolute Gasteiger partial charge is 0.329 e. The van der Waals surface area contributed by atoms with Gasteiger partial charge in [0.2, 0.25) is 0 Å². The van der Waals surface area contributed by atoms with Crippen molar-refractivity contribution >= 4 is 9.84 Å². The maximum Gasteiger partial charge on any atom is 0.149 e. The van der Waals surface area contributed by atoms with E-state index < -0.39 is 15.9 Å². The third-order valence-corrected chi connectivity index (χ3v) is 1.85. The second kappa shape index (κ2) is 3.14. The van der Waals surface area contributed by atoms with Crippen molar-refractivity contribution in [3.8, 4) is 0 Å². The lowest BCUT2D eigenvalue weighted by molar-refractivity contribution is 0.592. The molecule has 5 heteroatoms. The minimum atomic E-state index is -2.94.